The molecule has 2 aromatic carbocycles. The molecule has 0 saturated carbocycles. The van der Waals surface area contributed by atoms with Crippen LogP contribution < -0.4 is 19.5 Å². The molecule has 0 spiro atoms. The Morgan fingerprint density at radius 3 is 2.17 bits per heavy atom. The van der Waals surface area contributed by atoms with Crippen LogP contribution in [-0.4, -0.2) is 39.8 Å². The van der Waals surface area contributed by atoms with Crippen LogP contribution in [0.15, 0.2) is 30.3 Å². The van der Waals surface area contributed by atoms with Crippen molar-refractivity contribution in [3.8, 4) is 17.2 Å². The van der Waals surface area contributed by atoms with Gasteiger partial charge in [0.1, 0.15) is 0 Å². The lowest BCUT2D eigenvalue weighted by Crippen LogP contribution is -2.21. The van der Waals surface area contributed by atoms with Gasteiger partial charge in [-0.05, 0) is 55.2 Å². The van der Waals surface area contributed by atoms with E-state index in [1.807, 2.05) is 32.0 Å². The summed E-state index contributed by atoms with van der Waals surface area (Å²) >= 11 is 0. The van der Waals surface area contributed by atoms with Gasteiger partial charge in [0.05, 0.1) is 21.3 Å². The first-order valence-electron chi connectivity index (χ1n) is 9.19. The third-order valence-corrected chi connectivity index (χ3v) is 4.37. The van der Waals surface area contributed by atoms with Crippen LogP contribution in [0.4, 0.5) is 5.69 Å². The third-order valence-electron chi connectivity index (χ3n) is 4.37. The second-order valence-electron chi connectivity index (χ2n) is 6.56. The second-order valence-corrected chi connectivity index (χ2v) is 6.56. The highest BCUT2D eigenvalue weighted by atomic mass is 16.5. The minimum atomic E-state index is -0.463. The number of esters is 1. The molecule has 0 unspecified atom stereocenters. The topological polar surface area (TPSA) is 83.1 Å². The molecule has 0 aliphatic carbocycles. The summed E-state index contributed by atoms with van der Waals surface area (Å²) in [6.45, 7) is 3.51. The van der Waals surface area contributed by atoms with Crippen molar-refractivity contribution in [3.05, 3.63) is 47.0 Å². The molecular weight excluding hydrogens is 374 g/mol. The number of anilines is 1. The van der Waals surface area contributed by atoms with Crippen molar-refractivity contribution in [3.63, 3.8) is 0 Å². The molecule has 2 rings (SSSR count). The van der Waals surface area contributed by atoms with Crippen LogP contribution >= 0.6 is 0 Å². The molecule has 0 aliphatic heterocycles. The second kappa shape index (κ2) is 10.4. The summed E-state index contributed by atoms with van der Waals surface area (Å²) in [7, 11) is 4.59. The molecule has 0 radical (unpaired) electrons. The molecule has 0 aliphatic rings. The molecule has 1 N–H and O–H groups in total. The first kappa shape index (κ1) is 22.1. The quantitative estimate of drug-likeness (QED) is 0.648. The lowest BCUT2D eigenvalue weighted by Gasteiger charge is -2.14. The van der Waals surface area contributed by atoms with Gasteiger partial charge < -0.3 is 24.3 Å². The molecule has 2 aromatic rings. The maximum absolute atomic E-state index is 12.1. The Labute approximate surface area is 170 Å². The average molecular weight is 401 g/mol. The molecule has 29 heavy (non-hydrogen) atoms. The molecular formula is C22H27NO6. The number of carbonyl (C=O) groups excluding carboxylic acids is 2. The lowest BCUT2D eigenvalue weighted by atomic mass is 10.1. The SMILES string of the molecule is COc1cc(CCC(=O)OCC(=O)Nc2cc(C)ccc2C)cc(OC)c1OC. The van der Waals surface area contributed by atoms with Crippen LogP contribution in [0.2, 0.25) is 0 Å². The normalized spacial score (nSPS) is 10.2. The number of benzene rings is 2. The van der Waals surface area contributed by atoms with Gasteiger partial charge in [0, 0.05) is 12.1 Å². The Bertz CT molecular complexity index is 853. The first-order valence-corrected chi connectivity index (χ1v) is 9.19. The number of hydrogen-bond donors (Lipinski definition) is 1. The van der Waals surface area contributed by atoms with E-state index in [-0.39, 0.29) is 18.9 Å². The molecule has 0 aromatic heterocycles. The van der Waals surface area contributed by atoms with Crippen molar-refractivity contribution in [2.45, 2.75) is 26.7 Å². The minimum Gasteiger partial charge on any atom is -0.493 e. The van der Waals surface area contributed by atoms with Crippen LogP contribution in [0.25, 0.3) is 0 Å². The number of methoxy groups -OCH3 is 3. The highest BCUT2D eigenvalue weighted by molar-refractivity contribution is 5.93. The molecule has 7 nitrogen and oxygen atoms in total. The summed E-state index contributed by atoms with van der Waals surface area (Å²) < 4.78 is 21.0. The Hall–Kier alpha value is -3.22. The van der Waals surface area contributed by atoms with E-state index >= 15 is 0 Å². The Morgan fingerprint density at radius 1 is 0.931 bits per heavy atom. The largest absolute Gasteiger partial charge is 0.493 e. The van der Waals surface area contributed by atoms with Crippen LogP contribution in [0, 0.1) is 13.8 Å². The van der Waals surface area contributed by atoms with E-state index in [2.05, 4.69) is 5.32 Å². The Kier molecular flexibility index (Phi) is 7.88. The van der Waals surface area contributed by atoms with Crippen molar-refractivity contribution < 1.29 is 28.5 Å². The van der Waals surface area contributed by atoms with Gasteiger partial charge >= 0.3 is 5.97 Å². The van der Waals surface area contributed by atoms with Crippen LogP contribution in [-0.2, 0) is 20.7 Å². The summed E-state index contributed by atoms with van der Waals surface area (Å²) in [6, 6.07) is 9.33. The summed E-state index contributed by atoms with van der Waals surface area (Å²) in [4.78, 5) is 24.1. The van der Waals surface area contributed by atoms with Crippen LogP contribution in [0.3, 0.4) is 0 Å². The van der Waals surface area contributed by atoms with E-state index in [1.165, 1.54) is 21.3 Å². The van der Waals surface area contributed by atoms with E-state index in [0.29, 0.717) is 29.4 Å². The number of amides is 1. The minimum absolute atomic E-state index is 0.120. The molecule has 0 heterocycles. The number of carbonyl (C=O) groups is 2. The number of ether oxygens (including phenoxy) is 4. The molecule has 0 saturated heterocycles. The van der Waals surface area contributed by atoms with Crippen molar-refractivity contribution in [1.82, 2.24) is 0 Å². The van der Waals surface area contributed by atoms with Gasteiger partial charge in [-0.25, -0.2) is 0 Å². The van der Waals surface area contributed by atoms with E-state index in [0.717, 1.165) is 16.7 Å². The van der Waals surface area contributed by atoms with Gasteiger partial charge in [0.25, 0.3) is 5.91 Å². The fourth-order valence-electron chi connectivity index (χ4n) is 2.80. The van der Waals surface area contributed by atoms with Crippen molar-refractivity contribution >= 4 is 17.6 Å². The van der Waals surface area contributed by atoms with Crippen LogP contribution in [0.1, 0.15) is 23.1 Å². The predicted octanol–water partition coefficient (Wildman–Crippen LogP) is 3.44. The van der Waals surface area contributed by atoms with E-state index < -0.39 is 5.97 Å². The Balaban J connectivity index is 1.88. The number of rotatable bonds is 9. The standard InChI is InChI=1S/C22H27NO6/c1-14-6-7-15(2)17(10-14)23-20(24)13-29-21(25)9-8-16-11-18(26-3)22(28-5)19(12-16)27-4/h6-7,10-12H,8-9,13H2,1-5H3,(H,23,24). The van der Waals surface area contributed by atoms with Crippen LogP contribution in [0.5, 0.6) is 17.2 Å². The average Bonchev–Trinajstić information content (AvgIpc) is 2.72. The van der Waals surface area contributed by atoms with E-state index in [1.54, 1.807) is 12.1 Å². The molecule has 156 valence electrons. The highest BCUT2D eigenvalue weighted by Crippen LogP contribution is 2.38. The fraction of sp³-hybridized carbons (Fsp3) is 0.364. The molecule has 0 fully saturated rings. The number of nitrogens with one attached hydrogen (secondary N) is 1. The predicted molar refractivity (Wildman–Crippen MR) is 110 cm³/mol. The summed E-state index contributed by atoms with van der Waals surface area (Å²) in [5, 5.41) is 2.76. The zero-order chi connectivity index (χ0) is 21.4. The molecule has 0 bridgehead atoms. The maximum Gasteiger partial charge on any atom is 0.306 e. The third kappa shape index (κ3) is 6.14. The van der Waals surface area contributed by atoms with Gasteiger partial charge in [0.15, 0.2) is 18.1 Å². The van der Waals surface area contributed by atoms with Gasteiger partial charge in [-0.3, -0.25) is 9.59 Å². The summed E-state index contributed by atoms with van der Waals surface area (Å²) in [5.41, 5.74) is 3.52. The van der Waals surface area contributed by atoms with Gasteiger partial charge in [-0.2, -0.15) is 0 Å². The van der Waals surface area contributed by atoms with E-state index in [9.17, 15) is 9.59 Å². The van der Waals surface area contributed by atoms with Gasteiger partial charge in [0.2, 0.25) is 5.75 Å². The van der Waals surface area contributed by atoms with E-state index in [4.69, 9.17) is 18.9 Å². The van der Waals surface area contributed by atoms with Crippen molar-refractivity contribution in [1.29, 1.82) is 0 Å². The smallest absolute Gasteiger partial charge is 0.306 e. The van der Waals surface area contributed by atoms with Gasteiger partial charge in [-0.1, -0.05) is 12.1 Å². The molecule has 0 atom stereocenters. The lowest BCUT2D eigenvalue weighted by molar-refractivity contribution is -0.147. The zero-order valence-corrected chi connectivity index (χ0v) is 17.5. The van der Waals surface area contributed by atoms with Gasteiger partial charge in [-0.15, -0.1) is 0 Å². The fourth-order valence-corrected chi connectivity index (χ4v) is 2.80. The monoisotopic (exact) mass is 401 g/mol. The van der Waals surface area contributed by atoms with Crippen molar-refractivity contribution in [2.75, 3.05) is 33.3 Å². The summed E-state index contributed by atoms with van der Waals surface area (Å²) in [5.74, 6) is 0.686. The van der Waals surface area contributed by atoms with Crippen molar-refractivity contribution in [2.24, 2.45) is 0 Å². The maximum atomic E-state index is 12.1. The molecule has 1 amide bonds. The number of hydrogen-bond acceptors (Lipinski definition) is 6. The Morgan fingerprint density at radius 2 is 1.59 bits per heavy atom. The highest BCUT2D eigenvalue weighted by Gasteiger charge is 2.15. The molecule has 7 heteroatoms. The number of aryl methyl sites for hydroxylation is 3. The zero-order valence-electron chi connectivity index (χ0n) is 17.5. The first-order chi connectivity index (χ1) is 13.9. The summed E-state index contributed by atoms with van der Waals surface area (Å²) in [6.07, 6.45) is 0.531.